The van der Waals surface area contributed by atoms with Crippen LogP contribution in [0.3, 0.4) is 0 Å². The van der Waals surface area contributed by atoms with Crippen LogP contribution < -0.4 is 14.8 Å². The molecule has 0 spiro atoms. The van der Waals surface area contributed by atoms with Crippen molar-refractivity contribution in [3.05, 3.63) is 22.2 Å². The third-order valence-corrected chi connectivity index (χ3v) is 3.29. The predicted octanol–water partition coefficient (Wildman–Crippen LogP) is 2.20. The SMILES string of the molecule is COc1cc(Br)c(C2=NCC(C)N2)cc1OC. The quantitative estimate of drug-likeness (QED) is 0.930. The Morgan fingerprint density at radius 1 is 1.29 bits per heavy atom. The summed E-state index contributed by atoms with van der Waals surface area (Å²) in [6.45, 7) is 2.90. The van der Waals surface area contributed by atoms with Crippen LogP contribution in [0.1, 0.15) is 12.5 Å². The normalized spacial score (nSPS) is 18.6. The summed E-state index contributed by atoms with van der Waals surface area (Å²) in [5, 5.41) is 3.32. The largest absolute Gasteiger partial charge is 0.493 e. The average Bonchev–Trinajstić information content (AvgIpc) is 2.75. The first kappa shape index (κ1) is 12.2. The van der Waals surface area contributed by atoms with E-state index in [0.29, 0.717) is 17.5 Å². The lowest BCUT2D eigenvalue weighted by Crippen LogP contribution is -2.27. The molecule has 92 valence electrons. The third-order valence-electron chi connectivity index (χ3n) is 2.63. The number of hydrogen-bond donors (Lipinski definition) is 1. The van der Waals surface area contributed by atoms with Crippen LogP contribution in [0.15, 0.2) is 21.6 Å². The third kappa shape index (κ3) is 2.39. The number of rotatable bonds is 3. The minimum absolute atomic E-state index is 0.380. The minimum atomic E-state index is 0.380. The zero-order valence-electron chi connectivity index (χ0n) is 10.1. The first-order chi connectivity index (χ1) is 8.15. The number of ether oxygens (including phenoxy) is 2. The molecule has 2 rings (SSSR count). The van der Waals surface area contributed by atoms with Crippen molar-refractivity contribution in [2.45, 2.75) is 13.0 Å². The van der Waals surface area contributed by atoms with Gasteiger partial charge in [-0.1, -0.05) is 0 Å². The Labute approximate surface area is 109 Å². The lowest BCUT2D eigenvalue weighted by atomic mass is 10.2. The summed E-state index contributed by atoms with van der Waals surface area (Å²) in [6.07, 6.45) is 0. The molecule has 1 aromatic carbocycles. The summed E-state index contributed by atoms with van der Waals surface area (Å²) in [5.41, 5.74) is 0.993. The van der Waals surface area contributed by atoms with E-state index < -0.39 is 0 Å². The molecule has 0 bridgehead atoms. The summed E-state index contributed by atoms with van der Waals surface area (Å²) >= 11 is 3.52. The van der Waals surface area contributed by atoms with Crippen molar-refractivity contribution in [2.75, 3.05) is 20.8 Å². The molecule has 1 aliphatic heterocycles. The second kappa shape index (κ2) is 4.96. The van der Waals surface area contributed by atoms with Gasteiger partial charge in [-0.15, -0.1) is 0 Å². The van der Waals surface area contributed by atoms with E-state index in [4.69, 9.17) is 9.47 Å². The maximum atomic E-state index is 5.29. The molecule has 1 aliphatic rings. The van der Waals surface area contributed by atoms with E-state index in [0.717, 1.165) is 22.4 Å². The lowest BCUT2D eigenvalue weighted by Gasteiger charge is -2.13. The minimum Gasteiger partial charge on any atom is -0.493 e. The molecule has 0 radical (unpaired) electrons. The van der Waals surface area contributed by atoms with Gasteiger partial charge in [-0.05, 0) is 35.0 Å². The molecule has 0 amide bonds. The molecule has 1 N–H and O–H groups in total. The molecule has 5 heteroatoms. The van der Waals surface area contributed by atoms with Crippen molar-refractivity contribution in [1.29, 1.82) is 0 Å². The number of methoxy groups -OCH3 is 2. The molecular weight excluding hydrogens is 284 g/mol. The van der Waals surface area contributed by atoms with Crippen LogP contribution in [0.25, 0.3) is 0 Å². The molecule has 1 heterocycles. The molecule has 1 aromatic rings. The fraction of sp³-hybridized carbons (Fsp3) is 0.417. The fourth-order valence-electron chi connectivity index (χ4n) is 1.75. The highest BCUT2D eigenvalue weighted by Gasteiger charge is 2.19. The van der Waals surface area contributed by atoms with Gasteiger partial charge >= 0.3 is 0 Å². The smallest absolute Gasteiger partial charge is 0.161 e. The van der Waals surface area contributed by atoms with E-state index in [9.17, 15) is 0 Å². The highest BCUT2D eigenvalue weighted by atomic mass is 79.9. The van der Waals surface area contributed by atoms with Crippen molar-refractivity contribution in [3.8, 4) is 11.5 Å². The van der Waals surface area contributed by atoms with Crippen molar-refractivity contribution >= 4 is 21.8 Å². The standard InChI is InChI=1S/C12H15BrN2O2/c1-7-6-14-12(15-7)8-4-10(16-2)11(17-3)5-9(8)13/h4-5,7H,6H2,1-3H3,(H,14,15). The lowest BCUT2D eigenvalue weighted by molar-refractivity contribution is 0.354. The van der Waals surface area contributed by atoms with Crippen LogP contribution >= 0.6 is 15.9 Å². The number of amidine groups is 1. The Hall–Kier alpha value is -1.23. The van der Waals surface area contributed by atoms with E-state index in [1.807, 2.05) is 12.1 Å². The van der Waals surface area contributed by atoms with Crippen LogP contribution in [0, 0.1) is 0 Å². The van der Waals surface area contributed by atoms with Crippen LogP contribution in [-0.4, -0.2) is 32.6 Å². The molecule has 0 aliphatic carbocycles. The first-order valence-electron chi connectivity index (χ1n) is 5.38. The fourth-order valence-corrected chi connectivity index (χ4v) is 2.26. The van der Waals surface area contributed by atoms with Crippen molar-refractivity contribution in [3.63, 3.8) is 0 Å². The Morgan fingerprint density at radius 3 is 2.47 bits per heavy atom. The molecular formula is C12H15BrN2O2. The Balaban J connectivity index is 2.41. The van der Waals surface area contributed by atoms with Gasteiger partial charge in [0.15, 0.2) is 11.5 Å². The number of nitrogens with one attached hydrogen (secondary N) is 1. The van der Waals surface area contributed by atoms with Gasteiger partial charge in [0, 0.05) is 16.1 Å². The highest BCUT2D eigenvalue weighted by Crippen LogP contribution is 2.33. The summed E-state index contributed by atoms with van der Waals surface area (Å²) in [4.78, 5) is 4.46. The number of halogens is 1. The van der Waals surface area contributed by atoms with Gasteiger partial charge in [0.1, 0.15) is 5.84 Å². The van der Waals surface area contributed by atoms with Crippen molar-refractivity contribution in [2.24, 2.45) is 4.99 Å². The van der Waals surface area contributed by atoms with Gasteiger partial charge in [-0.25, -0.2) is 0 Å². The maximum absolute atomic E-state index is 5.29. The topological polar surface area (TPSA) is 42.8 Å². The number of aliphatic imine (C=N–C) groups is 1. The van der Waals surface area contributed by atoms with E-state index in [1.165, 1.54) is 0 Å². The number of hydrogen-bond acceptors (Lipinski definition) is 4. The van der Waals surface area contributed by atoms with Gasteiger partial charge in [-0.2, -0.15) is 0 Å². The van der Waals surface area contributed by atoms with E-state index in [-0.39, 0.29) is 0 Å². The molecule has 0 saturated carbocycles. The number of nitrogens with zero attached hydrogens (tertiary/aromatic N) is 1. The monoisotopic (exact) mass is 298 g/mol. The van der Waals surface area contributed by atoms with E-state index in [2.05, 4.69) is 33.2 Å². The molecule has 0 fully saturated rings. The molecule has 4 nitrogen and oxygen atoms in total. The Kier molecular flexibility index (Phi) is 3.57. The van der Waals surface area contributed by atoms with Gasteiger partial charge in [0.25, 0.3) is 0 Å². The zero-order valence-corrected chi connectivity index (χ0v) is 11.7. The van der Waals surface area contributed by atoms with Crippen LogP contribution in [-0.2, 0) is 0 Å². The van der Waals surface area contributed by atoms with Crippen molar-refractivity contribution < 1.29 is 9.47 Å². The molecule has 0 saturated heterocycles. The molecule has 1 atom stereocenters. The molecule has 17 heavy (non-hydrogen) atoms. The first-order valence-corrected chi connectivity index (χ1v) is 6.18. The van der Waals surface area contributed by atoms with Crippen LogP contribution in [0.4, 0.5) is 0 Å². The van der Waals surface area contributed by atoms with Gasteiger partial charge in [-0.3, -0.25) is 4.99 Å². The molecule has 0 aromatic heterocycles. The summed E-state index contributed by atoms with van der Waals surface area (Å²) in [7, 11) is 3.25. The van der Waals surface area contributed by atoms with Crippen LogP contribution in [0.2, 0.25) is 0 Å². The Bertz CT molecular complexity index is 460. The predicted molar refractivity (Wildman–Crippen MR) is 71.2 cm³/mol. The summed E-state index contributed by atoms with van der Waals surface area (Å²) in [5.74, 6) is 2.30. The van der Waals surface area contributed by atoms with E-state index in [1.54, 1.807) is 14.2 Å². The maximum Gasteiger partial charge on any atom is 0.161 e. The van der Waals surface area contributed by atoms with Gasteiger partial charge in [0.2, 0.25) is 0 Å². The Morgan fingerprint density at radius 2 is 1.94 bits per heavy atom. The highest BCUT2D eigenvalue weighted by molar-refractivity contribution is 9.10. The average molecular weight is 299 g/mol. The van der Waals surface area contributed by atoms with Gasteiger partial charge < -0.3 is 14.8 Å². The van der Waals surface area contributed by atoms with Gasteiger partial charge in [0.05, 0.1) is 20.8 Å². The molecule has 1 unspecified atom stereocenters. The summed E-state index contributed by atoms with van der Waals surface area (Å²) in [6, 6.07) is 4.19. The van der Waals surface area contributed by atoms with Crippen LogP contribution in [0.5, 0.6) is 11.5 Å². The zero-order chi connectivity index (χ0) is 12.4. The second-order valence-electron chi connectivity index (χ2n) is 3.92. The van der Waals surface area contributed by atoms with Crippen molar-refractivity contribution in [1.82, 2.24) is 5.32 Å². The second-order valence-corrected chi connectivity index (χ2v) is 4.78. The summed E-state index contributed by atoms with van der Waals surface area (Å²) < 4.78 is 11.5. The number of benzene rings is 1. The van der Waals surface area contributed by atoms with E-state index >= 15 is 0 Å².